The summed E-state index contributed by atoms with van der Waals surface area (Å²) in [7, 11) is 0. The lowest BCUT2D eigenvalue weighted by atomic mass is 9.92. The quantitative estimate of drug-likeness (QED) is 0.571. The summed E-state index contributed by atoms with van der Waals surface area (Å²) in [6.07, 6.45) is 3.98. The largest absolute Gasteiger partial charge is 0.331 e. The highest BCUT2D eigenvalue weighted by Gasteiger charge is 2.34. The van der Waals surface area contributed by atoms with Gasteiger partial charge in [0.05, 0.1) is 6.04 Å². The van der Waals surface area contributed by atoms with Gasteiger partial charge in [-0.25, -0.2) is 13.6 Å². The van der Waals surface area contributed by atoms with Gasteiger partial charge in [0.15, 0.2) is 0 Å². The Morgan fingerprint density at radius 2 is 1.59 bits per heavy atom. The van der Waals surface area contributed by atoms with Crippen LogP contribution in [-0.4, -0.2) is 52.8 Å². The van der Waals surface area contributed by atoms with Crippen molar-refractivity contribution >= 4 is 11.9 Å². The van der Waals surface area contributed by atoms with Gasteiger partial charge < -0.3 is 14.7 Å². The van der Waals surface area contributed by atoms with Crippen molar-refractivity contribution in [1.82, 2.24) is 14.7 Å². The lowest BCUT2D eigenvalue weighted by Gasteiger charge is -2.38. The molecule has 1 unspecified atom stereocenters. The molecule has 0 aliphatic carbocycles. The first kappa shape index (κ1) is 24.2. The number of benzene rings is 2. The highest BCUT2D eigenvalue weighted by molar-refractivity contribution is 5.80. The van der Waals surface area contributed by atoms with Crippen LogP contribution in [0.3, 0.4) is 0 Å². The van der Waals surface area contributed by atoms with Crippen LogP contribution in [0.1, 0.15) is 56.2 Å². The van der Waals surface area contributed by atoms with Gasteiger partial charge in [-0.15, -0.1) is 0 Å². The smallest absolute Gasteiger partial charge is 0.319 e. The van der Waals surface area contributed by atoms with E-state index in [0.717, 1.165) is 37.1 Å². The van der Waals surface area contributed by atoms with E-state index in [1.54, 1.807) is 18.2 Å². The maximum atomic E-state index is 13.9. The van der Waals surface area contributed by atoms with E-state index in [9.17, 15) is 18.4 Å². The van der Waals surface area contributed by atoms with Crippen molar-refractivity contribution in [2.75, 3.05) is 26.2 Å². The summed E-state index contributed by atoms with van der Waals surface area (Å²) >= 11 is 0. The molecule has 7 heteroatoms. The molecule has 0 spiro atoms. The second-order valence-corrected chi connectivity index (χ2v) is 9.31. The Hall–Kier alpha value is -2.96. The average molecular weight is 470 g/mol. The van der Waals surface area contributed by atoms with Crippen LogP contribution in [0.2, 0.25) is 0 Å². The first-order valence-corrected chi connectivity index (χ1v) is 12.3. The standard InChI is InChI=1S/C27H33F2N3O2/c1-2-25(21-8-10-23(28)11-9-21)32(19-20-6-5-7-24(29)18-20)26(33)22-12-16-31(17-13-22)27(34)30-14-3-4-15-30/h5-11,18,22,25H,2-4,12-17,19H2,1H3. The van der Waals surface area contributed by atoms with Gasteiger partial charge in [-0.1, -0.05) is 31.2 Å². The van der Waals surface area contributed by atoms with Gasteiger partial charge in [0.1, 0.15) is 11.6 Å². The van der Waals surface area contributed by atoms with E-state index >= 15 is 0 Å². The minimum Gasteiger partial charge on any atom is -0.331 e. The Bertz CT molecular complexity index is 984. The van der Waals surface area contributed by atoms with Crippen LogP contribution in [0.15, 0.2) is 48.5 Å². The zero-order chi connectivity index (χ0) is 24.1. The number of likely N-dealkylation sites (tertiary alicyclic amines) is 2. The lowest BCUT2D eigenvalue weighted by Crippen LogP contribution is -2.48. The molecule has 2 saturated heterocycles. The number of carbonyl (C=O) groups excluding carboxylic acids is 2. The van der Waals surface area contributed by atoms with Gasteiger partial charge in [0.2, 0.25) is 5.91 Å². The zero-order valence-electron chi connectivity index (χ0n) is 19.8. The highest BCUT2D eigenvalue weighted by atomic mass is 19.1. The van der Waals surface area contributed by atoms with E-state index in [4.69, 9.17) is 0 Å². The molecular formula is C27H33F2N3O2. The van der Waals surface area contributed by atoms with Crippen molar-refractivity contribution in [1.29, 1.82) is 0 Å². The Kier molecular flexibility index (Phi) is 7.80. The first-order valence-electron chi connectivity index (χ1n) is 12.3. The van der Waals surface area contributed by atoms with Crippen molar-refractivity contribution < 1.29 is 18.4 Å². The van der Waals surface area contributed by atoms with Crippen LogP contribution in [0.4, 0.5) is 13.6 Å². The predicted octanol–water partition coefficient (Wildman–Crippen LogP) is 5.37. The molecule has 2 aromatic rings. The molecule has 182 valence electrons. The van der Waals surface area contributed by atoms with E-state index < -0.39 is 0 Å². The van der Waals surface area contributed by atoms with Crippen LogP contribution >= 0.6 is 0 Å². The van der Waals surface area contributed by atoms with E-state index in [-0.39, 0.29) is 42.1 Å². The summed E-state index contributed by atoms with van der Waals surface area (Å²) in [4.78, 5) is 32.1. The second-order valence-electron chi connectivity index (χ2n) is 9.31. The van der Waals surface area contributed by atoms with Crippen molar-refractivity contribution in [2.45, 2.75) is 51.6 Å². The number of hydrogen-bond donors (Lipinski definition) is 0. The van der Waals surface area contributed by atoms with Gasteiger partial charge in [0.25, 0.3) is 0 Å². The fourth-order valence-electron chi connectivity index (χ4n) is 5.16. The number of hydrogen-bond acceptors (Lipinski definition) is 2. The normalized spacial score (nSPS) is 17.6. The molecule has 4 rings (SSSR count). The van der Waals surface area contributed by atoms with E-state index in [2.05, 4.69) is 0 Å². The molecule has 2 fully saturated rings. The third-order valence-electron chi connectivity index (χ3n) is 7.03. The van der Waals surface area contributed by atoms with Gasteiger partial charge in [-0.05, 0) is 67.5 Å². The molecule has 2 aliphatic rings. The molecule has 1 atom stereocenters. The van der Waals surface area contributed by atoms with Crippen LogP contribution in [-0.2, 0) is 11.3 Å². The Balaban J connectivity index is 1.51. The van der Waals surface area contributed by atoms with E-state index in [1.807, 2.05) is 27.7 Å². The number of carbonyl (C=O) groups is 2. The van der Waals surface area contributed by atoms with Crippen LogP contribution in [0, 0.1) is 17.6 Å². The second kappa shape index (κ2) is 11.0. The van der Waals surface area contributed by atoms with Gasteiger partial charge in [-0.2, -0.15) is 0 Å². The summed E-state index contributed by atoms with van der Waals surface area (Å²) in [5.41, 5.74) is 1.57. The Morgan fingerprint density at radius 3 is 2.21 bits per heavy atom. The fraction of sp³-hybridized carbons (Fsp3) is 0.481. The third kappa shape index (κ3) is 5.57. The van der Waals surface area contributed by atoms with Crippen LogP contribution < -0.4 is 0 Å². The Morgan fingerprint density at radius 1 is 0.941 bits per heavy atom. The molecule has 34 heavy (non-hydrogen) atoms. The van der Waals surface area contributed by atoms with Crippen molar-refractivity contribution in [3.05, 3.63) is 71.3 Å². The topological polar surface area (TPSA) is 43.9 Å². The fourth-order valence-corrected chi connectivity index (χ4v) is 5.16. The summed E-state index contributed by atoms with van der Waals surface area (Å²) in [6, 6.07) is 12.4. The molecule has 2 aliphatic heterocycles. The maximum Gasteiger partial charge on any atom is 0.319 e. The monoisotopic (exact) mass is 469 g/mol. The summed E-state index contributed by atoms with van der Waals surface area (Å²) in [5.74, 6) is -0.857. The molecule has 5 nitrogen and oxygen atoms in total. The predicted molar refractivity (Wildman–Crippen MR) is 127 cm³/mol. The first-order chi connectivity index (χ1) is 16.5. The van der Waals surface area contributed by atoms with Gasteiger partial charge >= 0.3 is 6.03 Å². The molecule has 2 heterocycles. The summed E-state index contributed by atoms with van der Waals surface area (Å²) < 4.78 is 27.4. The maximum absolute atomic E-state index is 13.9. The summed E-state index contributed by atoms with van der Waals surface area (Å²) in [5, 5.41) is 0. The van der Waals surface area contributed by atoms with Crippen molar-refractivity contribution in [3.63, 3.8) is 0 Å². The molecule has 0 N–H and O–H groups in total. The van der Waals surface area contributed by atoms with E-state index in [1.165, 1.54) is 24.3 Å². The number of rotatable bonds is 6. The van der Waals surface area contributed by atoms with Crippen molar-refractivity contribution in [3.8, 4) is 0 Å². The minimum atomic E-state index is -0.339. The molecule has 0 radical (unpaired) electrons. The molecule has 0 bridgehead atoms. The SMILES string of the molecule is CCC(c1ccc(F)cc1)N(Cc1cccc(F)c1)C(=O)C1CCN(C(=O)N2CCCC2)CC1. The molecule has 0 saturated carbocycles. The molecule has 2 aromatic carbocycles. The number of amides is 3. The summed E-state index contributed by atoms with van der Waals surface area (Å²) in [6.45, 7) is 5.03. The molecular weight excluding hydrogens is 436 g/mol. The Labute approximate surface area is 200 Å². The highest BCUT2D eigenvalue weighted by Crippen LogP contribution is 2.31. The van der Waals surface area contributed by atoms with Crippen LogP contribution in [0.5, 0.6) is 0 Å². The number of halogens is 2. The van der Waals surface area contributed by atoms with Gasteiger partial charge in [-0.3, -0.25) is 4.79 Å². The van der Waals surface area contributed by atoms with Crippen molar-refractivity contribution in [2.24, 2.45) is 5.92 Å². The minimum absolute atomic E-state index is 0.00806. The number of nitrogens with zero attached hydrogens (tertiary/aromatic N) is 3. The molecule has 0 aromatic heterocycles. The third-order valence-corrected chi connectivity index (χ3v) is 7.03. The number of urea groups is 1. The lowest BCUT2D eigenvalue weighted by molar-refractivity contribution is -0.140. The van der Waals surface area contributed by atoms with E-state index in [0.29, 0.717) is 32.4 Å². The zero-order valence-corrected chi connectivity index (χ0v) is 19.8. The average Bonchev–Trinajstić information content (AvgIpc) is 3.39. The van der Waals surface area contributed by atoms with Gasteiger partial charge in [0, 0.05) is 38.6 Å². The number of piperidine rings is 1. The molecule has 3 amide bonds. The van der Waals surface area contributed by atoms with Crippen LogP contribution in [0.25, 0.3) is 0 Å².